The minimum absolute atomic E-state index is 0.0278. The molecule has 4 nitrogen and oxygen atoms in total. The van der Waals surface area contributed by atoms with E-state index < -0.39 is 17.4 Å². The molecule has 0 radical (unpaired) electrons. The van der Waals surface area contributed by atoms with E-state index in [1.807, 2.05) is 0 Å². The van der Waals surface area contributed by atoms with Crippen molar-refractivity contribution < 1.29 is 14.3 Å². The minimum atomic E-state index is -1.21. The molecule has 0 bridgehead atoms. The Hall–Kier alpha value is -1.78. The summed E-state index contributed by atoms with van der Waals surface area (Å²) in [6.45, 7) is 5.05. The molecule has 1 aromatic carbocycles. The van der Waals surface area contributed by atoms with E-state index in [1.54, 1.807) is 20.8 Å². The molecule has 5 heteroatoms. The standard InChI is InChI=1S/C11H15FN2O2/c1-11(2,3)14(10(15)16)9-6-7(13)4-5-8(9)12/h4-6H,13H2,1-3H3,(H,15,16). The Bertz CT molecular complexity index is 413. The van der Waals surface area contributed by atoms with Gasteiger partial charge in [0.2, 0.25) is 0 Å². The van der Waals surface area contributed by atoms with Gasteiger partial charge in [0.05, 0.1) is 5.69 Å². The molecule has 0 heterocycles. The van der Waals surface area contributed by atoms with Gasteiger partial charge in [0.15, 0.2) is 0 Å². The van der Waals surface area contributed by atoms with Gasteiger partial charge in [0, 0.05) is 11.2 Å². The average molecular weight is 226 g/mol. The lowest BCUT2D eigenvalue weighted by molar-refractivity contribution is 0.195. The first kappa shape index (κ1) is 12.3. The molecular formula is C11H15FN2O2. The highest BCUT2D eigenvalue weighted by Crippen LogP contribution is 2.28. The van der Waals surface area contributed by atoms with Crippen LogP contribution in [0.1, 0.15) is 20.8 Å². The molecular weight excluding hydrogens is 211 g/mol. The Morgan fingerprint density at radius 2 is 2.00 bits per heavy atom. The summed E-state index contributed by atoms with van der Waals surface area (Å²) in [4.78, 5) is 12.1. The van der Waals surface area contributed by atoms with Gasteiger partial charge in [-0.1, -0.05) is 0 Å². The number of halogens is 1. The van der Waals surface area contributed by atoms with Gasteiger partial charge in [-0.2, -0.15) is 0 Å². The van der Waals surface area contributed by atoms with Crippen molar-refractivity contribution in [1.29, 1.82) is 0 Å². The summed E-state index contributed by atoms with van der Waals surface area (Å²) in [5.41, 5.74) is 5.08. The summed E-state index contributed by atoms with van der Waals surface area (Å²) in [5.74, 6) is -0.605. The summed E-state index contributed by atoms with van der Waals surface area (Å²) in [6.07, 6.45) is -1.21. The summed E-state index contributed by atoms with van der Waals surface area (Å²) in [7, 11) is 0. The predicted molar refractivity (Wildman–Crippen MR) is 61.1 cm³/mol. The maximum absolute atomic E-state index is 13.5. The molecule has 0 unspecified atom stereocenters. The molecule has 1 amide bonds. The minimum Gasteiger partial charge on any atom is -0.465 e. The van der Waals surface area contributed by atoms with Crippen LogP contribution in [0.3, 0.4) is 0 Å². The number of hydrogen-bond acceptors (Lipinski definition) is 2. The Kier molecular flexibility index (Phi) is 3.07. The van der Waals surface area contributed by atoms with Crippen LogP contribution in [-0.4, -0.2) is 16.7 Å². The largest absolute Gasteiger partial charge is 0.465 e. The van der Waals surface area contributed by atoms with E-state index in [2.05, 4.69) is 0 Å². The zero-order chi connectivity index (χ0) is 12.5. The topological polar surface area (TPSA) is 66.6 Å². The second kappa shape index (κ2) is 4.00. The number of rotatable bonds is 1. The van der Waals surface area contributed by atoms with E-state index in [1.165, 1.54) is 12.1 Å². The van der Waals surface area contributed by atoms with Crippen LogP contribution in [0.5, 0.6) is 0 Å². The van der Waals surface area contributed by atoms with Crippen LogP contribution in [-0.2, 0) is 0 Å². The van der Waals surface area contributed by atoms with E-state index >= 15 is 0 Å². The van der Waals surface area contributed by atoms with Gasteiger partial charge in [-0.05, 0) is 39.0 Å². The second-order valence-electron chi connectivity index (χ2n) is 4.50. The number of amides is 1. The molecule has 16 heavy (non-hydrogen) atoms. The van der Waals surface area contributed by atoms with Crippen molar-refractivity contribution in [1.82, 2.24) is 0 Å². The third kappa shape index (κ3) is 2.42. The Morgan fingerprint density at radius 3 is 2.44 bits per heavy atom. The van der Waals surface area contributed by atoms with E-state index in [4.69, 9.17) is 10.8 Å². The smallest absolute Gasteiger partial charge is 0.412 e. The summed E-state index contributed by atoms with van der Waals surface area (Å²) in [5, 5.41) is 9.10. The highest BCUT2D eigenvalue weighted by molar-refractivity contribution is 5.88. The molecule has 0 spiro atoms. The van der Waals surface area contributed by atoms with Crippen LogP contribution < -0.4 is 10.6 Å². The van der Waals surface area contributed by atoms with Crippen LogP contribution in [0.4, 0.5) is 20.6 Å². The highest BCUT2D eigenvalue weighted by atomic mass is 19.1. The second-order valence-corrected chi connectivity index (χ2v) is 4.50. The number of nitrogens with zero attached hydrogens (tertiary/aromatic N) is 1. The van der Waals surface area contributed by atoms with Crippen LogP contribution in [0.25, 0.3) is 0 Å². The molecule has 0 aromatic heterocycles. The first-order valence-electron chi connectivity index (χ1n) is 4.81. The monoisotopic (exact) mass is 226 g/mol. The lowest BCUT2D eigenvalue weighted by atomic mass is 10.1. The van der Waals surface area contributed by atoms with E-state index in [0.29, 0.717) is 5.69 Å². The lowest BCUT2D eigenvalue weighted by Gasteiger charge is -2.33. The molecule has 1 aromatic rings. The Morgan fingerprint density at radius 1 is 1.44 bits per heavy atom. The van der Waals surface area contributed by atoms with Crippen molar-refractivity contribution in [2.75, 3.05) is 10.6 Å². The zero-order valence-corrected chi connectivity index (χ0v) is 9.49. The number of hydrogen-bond donors (Lipinski definition) is 2. The van der Waals surface area contributed by atoms with Gasteiger partial charge >= 0.3 is 6.09 Å². The predicted octanol–water partition coefficient (Wildman–Crippen LogP) is 2.69. The van der Waals surface area contributed by atoms with Crippen LogP contribution >= 0.6 is 0 Å². The molecule has 0 saturated carbocycles. The maximum Gasteiger partial charge on any atom is 0.412 e. The van der Waals surface area contributed by atoms with Crippen molar-refractivity contribution in [3.63, 3.8) is 0 Å². The third-order valence-electron chi connectivity index (χ3n) is 2.07. The fraction of sp³-hybridized carbons (Fsp3) is 0.364. The van der Waals surface area contributed by atoms with Gasteiger partial charge in [0.25, 0.3) is 0 Å². The fourth-order valence-electron chi connectivity index (χ4n) is 1.45. The van der Waals surface area contributed by atoms with Gasteiger partial charge < -0.3 is 10.8 Å². The molecule has 3 N–H and O–H groups in total. The number of benzene rings is 1. The molecule has 0 saturated heterocycles. The van der Waals surface area contributed by atoms with Crippen molar-refractivity contribution in [3.8, 4) is 0 Å². The molecule has 1 rings (SSSR count). The van der Waals surface area contributed by atoms with E-state index in [-0.39, 0.29) is 5.69 Å². The fourth-order valence-corrected chi connectivity index (χ4v) is 1.45. The van der Waals surface area contributed by atoms with Crippen LogP contribution in [0, 0.1) is 5.82 Å². The average Bonchev–Trinajstić information content (AvgIpc) is 2.08. The zero-order valence-electron chi connectivity index (χ0n) is 9.49. The highest BCUT2D eigenvalue weighted by Gasteiger charge is 2.29. The maximum atomic E-state index is 13.5. The van der Waals surface area contributed by atoms with Crippen molar-refractivity contribution in [3.05, 3.63) is 24.0 Å². The summed E-state index contributed by atoms with van der Waals surface area (Å²) in [6, 6.07) is 3.86. The van der Waals surface area contributed by atoms with E-state index in [0.717, 1.165) is 11.0 Å². The number of carboxylic acid groups (broad SMARTS) is 1. The lowest BCUT2D eigenvalue weighted by Crippen LogP contribution is -2.45. The third-order valence-corrected chi connectivity index (χ3v) is 2.07. The van der Waals surface area contributed by atoms with E-state index in [9.17, 15) is 9.18 Å². The summed E-state index contributed by atoms with van der Waals surface area (Å²) < 4.78 is 13.5. The first-order chi connectivity index (χ1) is 7.23. The molecule has 0 atom stereocenters. The quantitative estimate of drug-likeness (QED) is 0.723. The Labute approximate surface area is 93.5 Å². The number of nitrogens with two attached hydrogens (primary N) is 1. The van der Waals surface area contributed by atoms with Gasteiger partial charge in [-0.25, -0.2) is 9.18 Å². The summed E-state index contributed by atoms with van der Waals surface area (Å²) >= 11 is 0. The number of anilines is 2. The van der Waals surface area contributed by atoms with Crippen LogP contribution in [0.15, 0.2) is 18.2 Å². The van der Waals surface area contributed by atoms with Crippen molar-refractivity contribution >= 4 is 17.5 Å². The molecule has 88 valence electrons. The first-order valence-corrected chi connectivity index (χ1v) is 4.81. The number of carbonyl (C=O) groups is 1. The number of nitrogen functional groups attached to an aromatic ring is 1. The van der Waals surface area contributed by atoms with Gasteiger partial charge in [-0.15, -0.1) is 0 Å². The Balaban J connectivity index is 3.32. The molecule has 0 aliphatic heterocycles. The van der Waals surface area contributed by atoms with Crippen molar-refractivity contribution in [2.24, 2.45) is 0 Å². The molecule has 0 aliphatic carbocycles. The normalized spacial score (nSPS) is 11.2. The van der Waals surface area contributed by atoms with Crippen LogP contribution in [0.2, 0.25) is 0 Å². The SMILES string of the molecule is CC(C)(C)N(C(=O)O)c1cc(N)ccc1F. The van der Waals surface area contributed by atoms with Crippen molar-refractivity contribution in [2.45, 2.75) is 26.3 Å². The molecule has 0 aliphatic rings. The molecule has 0 fully saturated rings. The van der Waals surface area contributed by atoms with Gasteiger partial charge in [-0.3, -0.25) is 4.90 Å². The van der Waals surface area contributed by atoms with Gasteiger partial charge in [0.1, 0.15) is 5.82 Å².